The molecule has 0 saturated heterocycles. The maximum Gasteiger partial charge on any atom is 0.261 e. The van der Waals surface area contributed by atoms with E-state index in [0.717, 1.165) is 16.5 Å². The quantitative estimate of drug-likeness (QED) is 0.559. The Labute approximate surface area is 185 Å². The number of amides is 2. The van der Waals surface area contributed by atoms with Crippen LogP contribution in [0.4, 0.5) is 0 Å². The number of nitrogens with zero attached hydrogens (tertiary/aromatic N) is 1. The lowest BCUT2D eigenvalue weighted by atomic mass is 10.1. The predicted octanol–water partition coefficient (Wildman–Crippen LogP) is 4.81. The zero-order chi connectivity index (χ0) is 21.4. The molecule has 0 heterocycles. The number of rotatable bonds is 9. The first-order chi connectivity index (χ1) is 13.8. The number of hydrogen-bond acceptors (Lipinski definition) is 3. The van der Waals surface area contributed by atoms with Crippen molar-refractivity contribution in [2.24, 2.45) is 0 Å². The normalized spacial score (nSPS) is 12.7. The highest BCUT2D eigenvalue weighted by atomic mass is 79.9. The Balaban J connectivity index is 2.14. The Morgan fingerprint density at radius 1 is 1.17 bits per heavy atom. The van der Waals surface area contributed by atoms with Gasteiger partial charge in [0.25, 0.3) is 5.91 Å². The summed E-state index contributed by atoms with van der Waals surface area (Å²) in [4.78, 5) is 27.1. The second kappa shape index (κ2) is 11.2. The molecule has 0 aromatic heterocycles. The number of nitrogens with one attached hydrogen (secondary N) is 1. The van der Waals surface area contributed by atoms with Crippen molar-refractivity contribution < 1.29 is 14.3 Å². The summed E-state index contributed by atoms with van der Waals surface area (Å²) >= 11 is 9.45. The maximum absolute atomic E-state index is 13.0. The molecule has 0 saturated carbocycles. The number of hydrogen-bond donors (Lipinski definition) is 1. The van der Waals surface area contributed by atoms with Crippen molar-refractivity contribution in [2.45, 2.75) is 45.8 Å². The second-order valence-corrected chi connectivity index (χ2v) is 8.24. The van der Waals surface area contributed by atoms with E-state index in [1.54, 1.807) is 31.2 Å². The lowest BCUT2D eigenvalue weighted by Crippen LogP contribution is -2.50. The van der Waals surface area contributed by atoms with Crippen molar-refractivity contribution in [1.29, 1.82) is 0 Å². The molecule has 1 N–H and O–H groups in total. The van der Waals surface area contributed by atoms with Crippen LogP contribution in [-0.4, -0.2) is 35.4 Å². The SMILES string of the molecule is CC[C@H](C)NC(=O)[C@@H](C)N(Cc1cccc(Cl)c1)C(=O)COc1ccc(Br)cc1. The van der Waals surface area contributed by atoms with Gasteiger partial charge in [-0.3, -0.25) is 9.59 Å². The van der Waals surface area contributed by atoms with Gasteiger partial charge in [-0.15, -0.1) is 0 Å². The molecule has 2 amide bonds. The van der Waals surface area contributed by atoms with E-state index in [2.05, 4.69) is 21.2 Å². The molecule has 7 heteroatoms. The molecule has 2 aromatic rings. The molecule has 156 valence electrons. The largest absolute Gasteiger partial charge is 0.484 e. The van der Waals surface area contributed by atoms with E-state index in [4.69, 9.17) is 16.3 Å². The summed E-state index contributed by atoms with van der Waals surface area (Å²) in [5, 5.41) is 3.52. The van der Waals surface area contributed by atoms with Gasteiger partial charge in [-0.25, -0.2) is 0 Å². The minimum absolute atomic E-state index is 0.0343. The van der Waals surface area contributed by atoms with E-state index in [-0.39, 0.29) is 31.0 Å². The van der Waals surface area contributed by atoms with E-state index in [9.17, 15) is 9.59 Å². The Morgan fingerprint density at radius 2 is 1.86 bits per heavy atom. The standard InChI is InChI=1S/C22H26BrClN2O3/c1-4-15(2)25-22(28)16(3)26(13-17-6-5-7-19(24)12-17)21(27)14-29-20-10-8-18(23)9-11-20/h5-12,15-16H,4,13-14H2,1-3H3,(H,25,28)/t15-,16+/m0/s1. The van der Waals surface area contributed by atoms with E-state index in [1.807, 2.05) is 38.1 Å². The summed E-state index contributed by atoms with van der Waals surface area (Å²) < 4.78 is 6.55. The van der Waals surface area contributed by atoms with E-state index in [0.29, 0.717) is 10.8 Å². The van der Waals surface area contributed by atoms with Gasteiger partial charge >= 0.3 is 0 Å². The molecule has 2 rings (SSSR count). The second-order valence-electron chi connectivity index (χ2n) is 6.89. The lowest BCUT2D eigenvalue weighted by molar-refractivity contribution is -0.142. The Hall–Kier alpha value is -2.05. The number of carbonyl (C=O) groups excluding carboxylic acids is 2. The lowest BCUT2D eigenvalue weighted by Gasteiger charge is -2.29. The molecule has 0 spiro atoms. The topological polar surface area (TPSA) is 58.6 Å². The van der Waals surface area contributed by atoms with Crippen molar-refractivity contribution in [2.75, 3.05) is 6.61 Å². The van der Waals surface area contributed by atoms with Crippen LogP contribution in [0.1, 0.15) is 32.8 Å². The Kier molecular flexibility index (Phi) is 8.99. The predicted molar refractivity (Wildman–Crippen MR) is 119 cm³/mol. The summed E-state index contributed by atoms with van der Waals surface area (Å²) in [7, 11) is 0. The zero-order valence-corrected chi connectivity index (χ0v) is 19.2. The van der Waals surface area contributed by atoms with Crippen LogP contribution in [0.2, 0.25) is 5.02 Å². The summed E-state index contributed by atoms with van der Waals surface area (Å²) in [5.41, 5.74) is 0.845. The van der Waals surface area contributed by atoms with Gasteiger partial charge in [-0.1, -0.05) is 46.6 Å². The van der Waals surface area contributed by atoms with Crippen molar-refractivity contribution in [1.82, 2.24) is 10.2 Å². The van der Waals surface area contributed by atoms with Crippen LogP contribution >= 0.6 is 27.5 Å². The minimum atomic E-state index is -0.649. The number of benzene rings is 2. The van der Waals surface area contributed by atoms with Gasteiger partial charge in [0.2, 0.25) is 5.91 Å². The fourth-order valence-electron chi connectivity index (χ4n) is 2.64. The molecule has 2 aromatic carbocycles. The van der Waals surface area contributed by atoms with Gasteiger partial charge in [-0.2, -0.15) is 0 Å². The van der Waals surface area contributed by atoms with Gasteiger partial charge in [0, 0.05) is 22.1 Å². The third-order valence-electron chi connectivity index (χ3n) is 4.59. The highest BCUT2D eigenvalue weighted by Crippen LogP contribution is 2.18. The van der Waals surface area contributed by atoms with Gasteiger partial charge in [0.05, 0.1) is 0 Å². The average molecular weight is 482 g/mol. The van der Waals surface area contributed by atoms with Crippen LogP contribution in [0, 0.1) is 0 Å². The van der Waals surface area contributed by atoms with Gasteiger partial charge in [-0.05, 0) is 62.2 Å². The third kappa shape index (κ3) is 7.37. The molecule has 0 aliphatic heterocycles. The molecule has 0 bridgehead atoms. The third-order valence-corrected chi connectivity index (χ3v) is 5.35. The molecule has 0 radical (unpaired) electrons. The number of halogens is 2. The van der Waals surface area contributed by atoms with Crippen molar-refractivity contribution >= 4 is 39.3 Å². The van der Waals surface area contributed by atoms with Crippen molar-refractivity contribution in [3.8, 4) is 5.75 Å². The van der Waals surface area contributed by atoms with Crippen molar-refractivity contribution in [3.05, 3.63) is 63.6 Å². The summed E-state index contributed by atoms with van der Waals surface area (Å²) in [5.74, 6) is 0.110. The first kappa shape index (κ1) is 23.2. The molecule has 0 unspecified atom stereocenters. The first-order valence-corrected chi connectivity index (χ1v) is 10.7. The zero-order valence-electron chi connectivity index (χ0n) is 16.8. The summed E-state index contributed by atoms with van der Waals surface area (Å²) in [6.45, 7) is 5.75. The molecular formula is C22H26BrClN2O3. The average Bonchev–Trinajstić information content (AvgIpc) is 2.70. The van der Waals surface area contributed by atoms with Gasteiger partial charge in [0.1, 0.15) is 11.8 Å². The fraction of sp³-hybridized carbons (Fsp3) is 0.364. The van der Waals surface area contributed by atoms with Crippen LogP contribution in [0.15, 0.2) is 53.0 Å². The van der Waals surface area contributed by atoms with Crippen LogP contribution in [0.5, 0.6) is 5.75 Å². The molecule has 0 aliphatic carbocycles. The smallest absolute Gasteiger partial charge is 0.261 e. The molecule has 0 aliphatic rings. The molecule has 2 atom stereocenters. The Morgan fingerprint density at radius 3 is 2.48 bits per heavy atom. The highest BCUT2D eigenvalue weighted by Gasteiger charge is 2.27. The monoisotopic (exact) mass is 480 g/mol. The van der Waals surface area contributed by atoms with Gasteiger partial charge in [0.15, 0.2) is 6.61 Å². The molecular weight excluding hydrogens is 456 g/mol. The first-order valence-electron chi connectivity index (χ1n) is 9.52. The van der Waals surface area contributed by atoms with Crippen molar-refractivity contribution in [3.63, 3.8) is 0 Å². The molecule has 5 nitrogen and oxygen atoms in total. The van der Waals surface area contributed by atoms with Gasteiger partial charge < -0.3 is 15.0 Å². The van der Waals surface area contributed by atoms with E-state index in [1.165, 1.54) is 4.90 Å². The molecule has 0 fully saturated rings. The maximum atomic E-state index is 13.0. The van der Waals surface area contributed by atoms with Crippen LogP contribution < -0.4 is 10.1 Å². The highest BCUT2D eigenvalue weighted by molar-refractivity contribution is 9.10. The number of ether oxygens (including phenoxy) is 1. The fourth-order valence-corrected chi connectivity index (χ4v) is 3.12. The van der Waals surface area contributed by atoms with E-state index < -0.39 is 6.04 Å². The Bertz CT molecular complexity index is 829. The minimum Gasteiger partial charge on any atom is -0.484 e. The van der Waals surface area contributed by atoms with Crippen LogP contribution in [-0.2, 0) is 16.1 Å². The summed E-state index contributed by atoms with van der Waals surface area (Å²) in [6.07, 6.45) is 0.813. The number of carbonyl (C=O) groups is 2. The van der Waals surface area contributed by atoms with Crippen LogP contribution in [0.3, 0.4) is 0 Å². The summed E-state index contributed by atoms with van der Waals surface area (Å²) in [6, 6.07) is 13.9. The van der Waals surface area contributed by atoms with E-state index >= 15 is 0 Å². The van der Waals surface area contributed by atoms with Crippen LogP contribution in [0.25, 0.3) is 0 Å². The molecule has 29 heavy (non-hydrogen) atoms.